The number of para-hydroxylation sites is 1. The van der Waals surface area contributed by atoms with Gasteiger partial charge in [0.2, 0.25) is 10.0 Å². The first-order chi connectivity index (χ1) is 12.7. The van der Waals surface area contributed by atoms with E-state index in [2.05, 4.69) is 9.46 Å². The number of benzene rings is 2. The summed E-state index contributed by atoms with van der Waals surface area (Å²) in [6.45, 7) is -0.399. The highest BCUT2D eigenvalue weighted by Crippen LogP contribution is 2.31. The molecule has 0 radical (unpaired) electrons. The van der Waals surface area contributed by atoms with Gasteiger partial charge < -0.3 is 9.84 Å². The lowest BCUT2D eigenvalue weighted by Gasteiger charge is -2.15. The van der Waals surface area contributed by atoms with Gasteiger partial charge in [-0.15, -0.1) is 24.5 Å². The van der Waals surface area contributed by atoms with E-state index in [1.54, 1.807) is 17.5 Å². The molecule has 144 valence electrons. The summed E-state index contributed by atoms with van der Waals surface area (Å²) in [6.07, 6.45) is -6.19. The fraction of sp³-hybridized carbons (Fsp3) is 0.176. The van der Waals surface area contributed by atoms with E-state index in [0.717, 1.165) is 22.2 Å². The third-order valence-electron chi connectivity index (χ3n) is 3.70. The number of hydrogen-bond donors (Lipinski definition) is 2. The summed E-state index contributed by atoms with van der Waals surface area (Å²) >= 11 is 1.40. The van der Waals surface area contributed by atoms with Crippen molar-refractivity contribution >= 4 is 31.4 Å². The van der Waals surface area contributed by atoms with E-state index in [0.29, 0.717) is 5.56 Å². The number of sulfonamides is 1. The summed E-state index contributed by atoms with van der Waals surface area (Å²) in [5, 5.41) is 12.8. The van der Waals surface area contributed by atoms with Gasteiger partial charge in [0.05, 0.1) is 6.10 Å². The first-order valence-electron chi connectivity index (χ1n) is 7.66. The standard InChI is InChI=1S/C17H14F3NO4S2/c18-17(19,20)25-14-6-2-4-8-16(14)27(23,24)21-9-13(22)12-10-26-15-7-3-1-5-11(12)15/h1-8,10,13,21-22H,9H2. The maximum Gasteiger partial charge on any atom is 0.573 e. The molecule has 0 aliphatic rings. The number of thiophene rings is 1. The van der Waals surface area contributed by atoms with Crippen LogP contribution in [-0.2, 0) is 10.0 Å². The Morgan fingerprint density at radius 3 is 2.52 bits per heavy atom. The summed E-state index contributed by atoms with van der Waals surface area (Å²) in [4.78, 5) is -0.662. The highest BCUT2D eigenvalue weighted by molar-refractivity contribution is 7.89. The Morgan fingerprint density at radius 2 is 1.78 bits per heavy atom. The molecule has 0 fully saturated rings. The van der Waals surface area contributed by atoms with Crippen LogP contribution in [0.1, 0.15) is 11.7 Å². The SMILES string of the molecule is O=S(=O)(NCC(O)c1csc2ccccc12)c1ccccc1OC(F)(F)F. The van der Waals surface area contributed by atoms with Crippen LogP contribution in [0.15, 0.2) is 58.8 Å². The Kier molecular flexibility index (Phi) is 5.43. The predicted octanol–water partition coefficient (Wildman–Crippen LogP) is 3.81. The molecule has 1 heterocycles. The molecule has 1 atom stereocenters. The largest absolute Gasteiger partial charge is 0.573 e. The zero-order chi connectivity index (χ0) is 19.7. The first-order valence-corrected chi connectivity index (χ1v) is 10.0. The average molecular weight is 417 g/mol. The Labute approximate surface area is 157 Å². The lowest BCUT2D eigenvalue weighted by atomic mass is 10.1. The molecule has 10 heteroatoms. The summed E-state index contributed by atoms with van der Waals surface area (Å²) < 4.78 is 69.1. The molecule has 0 spiro atoms. The van der Waals surface area contributed by atoms with Crippen LogP contribution in [0.5, 0.6) is 5.75 Å². The van der Waals surface area contributed by atoms with Gasteiger partial charge in [0.15, 0.2) is 0 Å². The van der Waals surface area contributed by atoms with Crippen LogP contribution < -0.4 is 9.46 Å². The van der Waals surface area contributed by atoms with Gasteiger partial charge >= 0.3 is 6.36 Å². The molecular formula is C17H14F3NO4S2. The molecule has 5 nitrogen and oxygen atoms in total. The molecule has 3 rings (SSSR count). The van der Waals surface area contributed by atoms with Crippen molar-refractivity contribution in [1.82, 2.24) is 4.72 Å². The monoisotopic (exact) mass is 417 g/mol. The van der Waals surface area contributed by atoms with E-state index in [1.165, 1.54) is 23.5 Å². The lowest BCUT2D eigenvalue weighted by molar-refractivity contribution is -0.275. The van der Waals surface area contributed by atoms with Crippen molar-refractivity contribution in [1.29, 1.82) is 0 Å². The second-order valence-electron chi connectivity index (χ2n) is 5.55. The number of aliphatic hydroxyl groups is 1. The summed E-state index contributed by atoms with van der Waals surface area (Å²) in [5.41, 5.74) is 0.540. The minimum absolute atomic E-state index is 0.399. The van der Waals surface area contributed by atoms with Crippen LogP contribution in [0.3, 0.4) is 0 Å². The molecule has 2 N–H and O–H groups in total. The van der Waals surface area contributed by atoms with Crippen molar-refractivity contribution in [2.45, 2.75) is 17.4 Å². The van der Waals surface area contributed by atoms with Crippen LogP contribution in [0.25, 0.3) is 10.1 Å². The topological polar surface area (TPSA) is 75.6 Å². The Hall–Kier alpha value is -2.14. The highest BCUT2D eigenvalue weighted by Gasteiger charge is 2.34. The molecule has 0 saturated carbocycles. The van der Waals surface area contributed by atoms with Crippen LogP contribution in [-0.4, -0.2) is 26.4 Å². The third kappa shape index (κ3) is 4.59. The van der Waals surface area contributed by atoms with Gasteiger partial charge in [0.1, 0.15) is 10.6 Å². The second kappa shape index (κ2) is 7.47. The van der Waals surface area contributed by atoms with E-state index in [4.69, 9.17) is 0 Å². The highest BCUT2D eigenvalue weighted by atomic mass is 32.2. The number of halogens is 3. The van der Waals surface area contributed by atoms with E-state index in [1.807, 2.05) is 12.1 Å². The number of rotatable bonds is 6. The molecule has 0 aliphatic carbocycles. The zero-order valence-corrected chi connectivity index (χ0v) is 15.2. The molecule has 1 unspecified atom stereocenters. The minimum atomic E-state index is -5.03. The van der Waals surface area contributed by atoms with Gasteiger partial charge in [0.25, 0.3) is 0 Å². The van der Waals surface area contributed by atoms with Crippen molar-refractivity contribution in [3.8, 4) is 5.75 Å². The molecule has 0 amide bonds. The van der Waals surface area contributed by atoms with Crippen LogP contribution in [0.2, 0.25) is 0 Å². The summed E-state index contributed by atoms with van der Waals surface area (Å²) in [7, 11) is -4.33. The number of nitrogens with one attached hydrogen (secondary N) is 1. The van der Waals surface area contributed by atoms with Crippen LogP contribution in [0, 0.1) is 0 Å². The quantitative estimate of drug-likeness (QED) is 0.640. The average Bonchev–Trinajstić information content (AvgIpc) is 3.03. The maximum absolute atomic E-state index is 12.5. The predicted molar refractivity (Wildman–Crippen MR) is 95.1 cm³/mol. The molecular weight excluding hydrogens is 403 g/mol. The Morgan fingerprint density at radius 1 is 1.11 bits per heavy atom. The van der Waals surface area contributed by atoms with Gasteiger partial charge in [-0.25, -0.2) is 13.1 Å². The van der Waals surface area contributed by atoms with Crippen LogP contribution >= 0.6 is 11.3 Å². The molecule has 0 saturated heterocycles. The minimum Gasteiger partial charge on any atom is -0.404 e. The van der Waals surface area contributed by atoms with E-state index < -0.39 is 39.7 Å². The van der Waals surface area contributed by atoms with Crippen molar-refractivity contribution in [2.24, 2.45) is 0 Å². The normalized spacial score (nSPS) is 13.6. The number of alkyl halides is 3. The van der Waals surface area contributed by atoms with Crippen LogP contribution in [0.4, 0.5) is 13.2 Å². The Bertz CT molecular complexity index is 1050. The fourth-order valence-corrected chi connectivity index (χ4v) is 4.69. The Balaban J connectivity index is 1.79. The van der Waals surface area contributed by atoms with E-state index in [9.17, 15) is 26.7 Å². The van der Waals surface area contributed by atoms with Crippen molar-refractivity contribution in [3.05, 3.63) is 59.5 Å². The summed E-state index contributed by atoms with van der Waals surface area (Å²) in [5.74, 6) is -0.840. The van der Waals surface area contributed by atoms with Gasteiger partial charge in [0, 0.05) is 16.8 Å². The summed E-state index contributed by atoms with van der Waals surface area (Å²) in [6, 6.07) is 11.7. The van der Waals surface area contributed by atoms with E-state index >= 15 is 0 Å². The number of ether oxygens (including phenoxy) is 1. The molecule has 0 aliphatic heterocycles. The zero-order valence-electron chi connectivity index (χ0n) is 13.6. The van der Waals surface area contributed by atoms with E-state index in [-0.39, 0.29) is 0 Å². The third-order valence-corrected chi connectivity index (χ3v) is 6.15. The van der Waals surface area contributed by atoms with Crippen molar-refractivity contribution in [3.63, 3.8) is 0 Å². The number of aliphatic hydroxyl groups excluding tert-OH is 1. The number of fused-ring (bicyclic) bond motifs is 1. The van der Waals surface area contributed by atoms with Gasteiger partial charge in [-0.3, -0.25) is 0 Å². The second-order valence-corrected chi connectivity index (χ2v) is 8.20. The molecule has 0 bridgehead atoms. The fourth-order valence-electron chi connectivity index (χ4n) is 2.51. The van der Waals surface area contributed by atoms with Crippen molar-refractivity contribution < 1.29 is 31.4 Å². The smallest absolute Gasteiger partial charge is 0.404 e. The molecule has 3 aromatic rings. The van der Waals surface area contributed by atoms with Gasteiger partial charge in [-0.05, 0) is 29.0 Å². The van der Waals surface area contributed by atoms with Gasteiger partial charge in [-0.1, -0.05) is 30.3 Å². The van der Waals surface area contributed by atoms with Gasteiger partial charge in [-0.2, -0.15) is 0 Å². The number of hydrogen-bond acceptors (Lipinski definition) is 5. The molecule has 1 aromatic heterocycles. The maximum atomic E-state index is 12.5. The first kappa shape index (κ1) is 19.6. The van der Waals surface area contributed by atoms with Crippen molar-refractivity contribution in [2.75, 3.05) is 6.54 Å². The molecule has 27 heavy (non-hydrogen) atoms. The molecule has 2 aromatic carbocycles. The lowest BCUT2D eigenvalue weighted by Crippen LogP contribution is -2.29.